The first kappa shape index (κ1) is 6.53. The first-order valence-electron chi connectivity index (χ1n) is 3.59. The molecule has 0 heterocycles. The van der Waals surface area contributed by atoms with Gasteiger partial charge in [-0.25, -0.2) is 0 Å². The highest BCUT2D eigenvalue weighted by molar-refractivity contribution is 5.91. The minimum atomic E-state index is 0.273. The molecule has 1 nitrogen and oxygen atoms in total. The third-order valence-corrected chi connectivity index (χ3v) is 1.21. The number of carbonyl (C=O) groups is 1. The predicted molar refractivity (Wildman–Crippen MR) is 37.2 cm³/mol. The Morgan fingerprint density at radius 1 is 1.22 bits per heavy atom. The van der Waals surface area contributed by atoms with Crippen LogP contribution in [0.5, 0.6) is 0 Å². The summed E-state index contributed by atoms with van der Waals surface area (Å²) < 4.78 is 0. The van der Waals surface area contributed by atoms with Gasteiger partial charge >= 0.3 is 0 Å². The lowest BCUT2D eigenvalue weighted by atomic mass is 10.3. The zero-order chi connectivity index (χ0) is 6.53. The largest absolute Gasteiger partial charge is 0.295 e. The maximum atomic E-state index is 10.2. The summed E-state index contributed by atoms with van der Waals surface area (Å²) in [6.45, 7) is 0. The molecule has 1 fully saturated rings. The van der Waals surface area contributed by atoms with Crippen LogP contribution in [0.25, 0.3) is 0 Å². The molecule has 0 radical (unpaired) electrons. The first-order chi connectivity index (χ1) is 4.39. The molecule has 0 atom stereocenters. The molecule has 0 aromatic rings. The molecule has 0 spiro atoms. The molecule has 0 unspecified atom stereocenters. The van der Waals surface area contributed by atoms with Gasteiger partial charge in [0.05, 0.1) is 0 Å². The van der Waals surface area contributed by atoms with Gasteiger partial charge in [-0.1, -0.05) is 25.3 Å². The Balaban J connectivity index is 0.000000112. The SMILES string of the molecule is C1CC1.O=C1C=CCC1. The van der Waals surface area contributed by atoms with Gasteiger partial charge in [-0.05, 0) is 12.5 Å². The zero-order valence-corrected chi connectivity index (χ0v) is 5.60. The maximum absolute atomic E-state index is 10.2. The normalized spacial score (nSPS) is 21.1. The minimum Gasteiger partial charge on any atom is -0.295 e. The van der Waals surface area contributed by atoms with E-state index in [1.165, 1.54) is 19.3 Å². The Hall–Kier alpha value is -0.590. The number of hydrogen-bond acceptors (Lipinski definition) is 1. The highest BCUT2D eigenvalue weighted by Gasteiger charge is 1.98. The molecule has 0 aromatic carbocycles. The minimum absolute atomic E-state index is 0.273. The van der Waals surface area contributed by atoms with Crippen molar-refractivity contribution < 1.29 is 4.79 Å². The Bertz CT molecular complexity index is 120. The quantitative estimate of drug-likeness (QED) is 0.483. The molecule has 0 aromatic heterocycles. The van der Waals surface area contributed by atoms with Gasteiger partial charge in [0.2, 0.25) is 0 Å². The standard InChI is InChI=1S/C5H6O.C3H6/c6-5-3-1-2-4-5;1-2-3-1/h1,3H,2,4H2;1-3H2. The third-order valence-electron chi connectivity index (χ3n) is 1.21. The van der Waals surface area contributed by atoms with E-state index in [0.29, 0.717) is 0 Å². The van der Waals surface area contributed by atoms with Crippen molar-refractivity contribution in [2.75, 3.05) is 0 Å². The molecule has 1 heteroatoms. The van der Waals surface area contributed by atoms with E-state index < -0.39 is 0 Å². The van der Waals surface area contributed by atoms with Crippen LogP contribution in [0.4, 0.5) is 0 Å². The summed E-state index contributed by atoms with van der Waals surface area (Å²) in [4.78, 5) is 10.2. The molecular weight excluding hydrogens is 112 g/mol. The van der Waals surface area contributed by atoms with Crippen LogP contribution in [0, 0.1) is 0 Å². The van der Waals surface area contributed by atoms with Crippen molar-refractivity contribution in [3.8, 4) is 0 Å². The maximum Gasteiger partial charge on any atom is 0.155 e. The summed E-state index contributed by atoms with van der Waals surface area (Å²) in [5.41, 5.74) is 0. The summed E-state index contributed by atoms with van der Waals surface area (Å²) in [5, 5.41) is 0. The molecular formula is C8H12O. The summed E-state index contributed by atoms with van der Waals surface area (Å²) >= 11 is 0. The van der Waals surface area contributed by atoms with E-state index in [1.807, 2.05) is 6.08 Å². The highest BCUT2D eigenvalue weighted by atomic mass is 16.1. The molecule has 0 amide bonds. The van der Waals surface area contributed by atoms with Crippen molar-refractivity contribution >= 4 is 5.78 Å². The smallest absolute Gasteiger partial charge is 0.155 e. The van der Waals surface area contributed by atoms with Gasteiger partial charge in [0.25, 0.3) is 0 Å². The van der Waals surface area contributed by atoms with Gasteiger partial charge < -0.3 is 0 Å². The fourth-order valence-electron chi connectivity index (χ4n) is 0.524. The average molecular weight is 124 g/mol. The van der Waals surface area contributed by atoms with Crippen molar-refractivity contribution in [2.45, 2.75) is 32.1 Å². The van der Waals surface area contributed by atoms with Crippen LogP contribution in [-0.2, 0) is 4.79 Å². The molecule has 2 aliphatic carbocycles. The Morgan fingerprint density at radius 2 is 1.89 bits per heavy atom. The second kappa shape index (κ2) is 3.44. The van der Waals surface area contributed by atoms with E-state index in [-0.39, 0.29) is 5.78 Å². The van der Waals surface area contributed by atoms with E-state index in [2.05, 4.69) is 0 Å². The van der Waals surface area contributed by atoms with Crippen molar-refractivity contribution in [3.63, 3.8) is 0 Å². The number of hydrogen-bond donors (Lipinski definition) is 0. The third kappa shape index (κ3) is 3.95. The van der Waals surface area contributed by atoms with Gasteiger partial charge in [0, 0.05) is 6.42 Å². The van der Waals surface area contributed by atoms with Crippen LogP contribution in [0.1, 0.15) is 32.1 Å². The lowest BCUT2D eigenvalue weighted by Crippen LogP contribution is -1.80. The highest BCUT2D eigenvalue weighted by Crippen LogP contribution is 2.14. The van der Waals surface area contributed by atoms with Crippen molar-refractivity contribution in [1.82, 2.24) is 0 Å². The Morgan fingerprint density at radius 3 is 2.00 bits per heavy atom. The number of allylic oxidation sites excluding steroid dienone is 2. The molecule has 2 rings (SSSR count). The van der Waals surface area contributed by atoms with E-state index in [1.54, 1.807) is 6.08 Å². The van der Waals surface area contributed by atoms with Crippen LogP contribution >= 0.6 is 0 Å². The lowest BCUT2D eigenvalue weighted by Gasteiger charge is -1.71. The van der Waals surface area contributed by atoms with Crippen LogP contribution in [0.2, 0.25) is 0 Å². The van der Waals surface area contributed by atoms with Gasteiger partial charge in [0.15, 0.2) is 5.78 Å². The van der Waals surface area contributed by atoms with Crippen LogP contribution in [0.3, 0.4) is 0 Å². The molecule has 2 aliphatic rings. The topological polar surface area (TPSA) is 17.1 Å². The van der Waals surface area contributed by atoms with Crippen LogP contribution in [0.15, 0.2) is 12.2 Å². The van der Waals surface area contributed by atoms with Crippen molar-refractivity contribution in [1.29, 1.82) is 0 Å². The van der Waals surface area contributed by atoms with E-state index >= 15 is 0 Å². The number of ketones is 1. The van der Waals surface area contributed by atoms with Gasteiger partial charge in [-0.2, -0.15) is 0 Å². The van der Waals surface area contributed by atoms with Gasteiger partial charge in [-0.15, -0.1) is 0 Å². The average Bonchev–Trinajstić information content (AvgIpc) is 2.64. The second-order valence-corrected chi connectivity index (χ2v) is 2.47. The molecule has 0 N–H and O–H groups in total. The molecule has 1 saturated carbocycles. The monoisotopic (exact) mass is 124 g/mol. The van der Waals surface area contributed by atoms with Crippen LogP contribution in [-0.4, -0.2) is 5.78 Å². The number of carbonyl (C=O) groups excluding carboxylic acids is 1. The molecule has 50 valence electrons. The molecule has 0 saturated heterocycles. The van der Waals surface area contributed by atoms with E-state index in [0.717, 1.165) is 12.8 Å². The molecule has 0 aliphatic heterocycles. The molecule has 0 bridgehead atoms. The Labute approximate surface area is 55.8 Å². The predicted octanol–water partition coefficient (Wildman–Crippen LogP) is 2.08. The fourth-order valence-corrected chi connectivity index (χ4v) is 0.524. The summed E-state index contributed by atoms with van der Waals surface area (Å²) in [6, 6.07) is 0. The summed E-state index contributed by atoms with van der Waals surface area (Å²) in [7, 11) is 0. The van der Waals surface area contributed by atoms with Gasteiger partial charge in [0.1, 0.15) is 0 Å². The van der Waals surface area contributed by atoms with E-state index in [4.69, 9.17) is 0 Å². The number of rotatable bonds is 0. The van der Waals surface area contributed by atoms with Gasteiger partial charge in [-0.3, -0.25) is 4.79 Å². The summed E-state index contributed by atoms with van der Waals surface area (Å²) in [6.07, 6.45) is 9.74. The van der Waals surface area contributed by atoms with Crippen molar-refractivity contribution in [2.24, 2.45) is 0 Å². The second-order valence-electron chi connectivity index (χ2n) is 2.47. The van der Waals surface area contributed by atoms with E-state index in [9.17, 15) is 4.79 Å². The zero-order valence-electron chi connectivity index (χ0n) is 5.60. The molecule has 9 heavy (non-hydrogen) atoms. The lowest BCUT2D eigenvalue weighted by molar-refractivity contribution is -0.114. The fraction of sp³-hybridized carbons (Fsp3) is 0.625. The Kier molecular flexibility index (Phi) is 2.49. The first-order valence-corrected chi connectivity index (χ1v) is 3.59. The van der Waals surface area contributed by atoms with Crippen molar-refractivity contribution in [3.05, 3.63) is 12.2 Å². The van der Waals surface area contributed by atoms with Crippen LogP contribution < -0.4 is 0 Å². The summed E-state index contributed by atoms with van der Waals surface area (Å²) in [5.74, 6) is 0.273.